The van der Waals surface area contributed by atoms with Crippen molar-refractivity contribution in [2.45, 2.75) is 19.6 Å². The highest BCUT2D eigenvalue weighted by Gasteiger charge is 2.00. The van der Waals surface area contributed by atoms with Crippen molar-refractivity contribution >= 4 is 0 Å². The van der Waals surface area contributed by atoms with Gasteiger partial charge in [0.15, 0.2) is 5.79 Å². The zero-order chi connectivity index (χ0) is 13.4. The van der Waals surface area contributed by atoms with Crippen molar-refractivity contribution in [3.63, 3.8) is 0 Å². The molecule has 0 saturated carbocycles. The number of rotatable bonds is 2. The first-order chi connectivity index (χ1) is 8.45. The summed E-state index contributed by atoms with van der Waals surface area (Å²) in [6, 6.07) is 19.5. The van der Waals surface area contributed by atoms with Crippen LogP contribution in [0.25, 0.3) is 0 Å². The Bertz CT molecular complexity index is 389. The normalized spacial score (nSPS) is 10.2. The summed E-state index contributed by atoms with van der Waals surface area (Å²) in [4.78, 5) is 0. The topological polar surface area (TPSA) is 49.7 Å². The molecule has 0 saturated heterocycles. The number of hydrogen-bond donors (Lipinski definition) is 2. The van der Waals surface area contributed by atoms with Crippen LogP contribution >= 0.6 is 0 Å². The van der Waals surface area contributed by atoms with Crippen LogP contribution in [-0.4, -0.2) is 16.0 Å². The molecule has 2 rings (SSSR count). The molecule has 2 N–H and O–H groups in total. The Morgan fingerprint density at radius 3 is 1.28 bits per heavy atom. The van der Waals surface area contributed by atoms with Crippen LogP contribution in [0.2, 0.25) is 0 Å². The molecule has 2 aromatic rings. The summed E-state index contributed by atoms with van der Waals surface area (Å²) in [7, 11) is 0. The van der Waals surface area contributed by atoms with Crippen molar-refractivity contribution in [3.05, 3.63) is 60.7 Å². The third kappa shape index (κ3) is 7.44. The Labute approximate surface area is 107 Å². The second kappa shape index (κ2) is 6.79. The van der Waals surface area contributed by atoms with E-state index in [1.54, 1.807) is 0 Å². The van der Waals surface area contributed by atoms with Gasteiger partial charge in [0.05, 0.1) is 0 Å². The van der Waals surface area contributed by atoms with E-state index in [2.05, 4.69) is 0 Å². The van der Waals surface area contributed by atoms with Gasteiger partial charge in [-0.3, -0.25) is 0 Å². The maximum Gasteiger partial charge on any atom is 0.156 e. The Morgan fingerprint density at radius 2 is 1.00 bits per heavy atom. The molecule has 0 amide bonds. The van der Waals surface area contributed by atoms with Gasteiger partial charge >= 0.3 is 0 Å². The predicted molar refractivity (Wildman–Crippen MR) is 71.5 cm³/mol. The second-order valence-electron chi connectivity index (χ2n) is 4.22. The zero-order valence-corrected chi connectivity index (χ0v) is 10.6. The fourth-order valence-corrected chi connectivity index (χ4v) is 1.11. The highest BCUT2D eigenvalue weighted by atomic mass is 16.5. The van der Waals surface area contributed by atoms with E-state index in [-0.39, 0.29) is 0 Å². The van der Waals surface area contributed by atoms with Crippen molar-refractivity contribution < 1.29 is 14.9 Å². The highest BCUT2D eigenvalue weighted by Crippen LogP contribution is 2.19. The molecule has 0 aromatic heterocycles. The molecule has 0 bridgehead atoms. The SMILES string of the molecule is CC(C)(O)O.c1ccc(Oc2ccccc2)cc1. The minimum atomic E-state index is -1.50. The quantitative estimate of drug-likeness (QED) is 0.800. The number of hydrogen-bond acceptors (Lipinski definition) is 3. The molecule has 96 valence electrons. The molecule has 3 nitrogen and oxygen atoms in total. The number of benzene rings is 2. The van der Waals surface area contributed by atoms with Crippen molar-refractivity contribution in [1.29, 1.82) is 0 Å². The van der Waals surface area contributed by atoms with E-state index < -0.39 is 5.79 Å². The molecule has 0 fully saturated rings. The van der Waals surface area contributed by atoms with Crippen LogP contribution in [0.1, 0.15) is 13.8 Å². The highest BCUT2D eigenvalue weighted by molar-refractivity contribution is 5.30. The van der Waals surface area contributed by atoms with Gasteiger partial charge in [0.1, 0.15) is 11.5 Å². The first kappa shape index (κ1) is 14.2. The van der Waals surface area contributed by atoms with Crippen LogP contribution in [0, 0.1) is 0 Å². The number of para-hydroxylation sites is 2. The largest absolute Gasteiger partial charge is 0.457 e. The van der Waals surface area contributed by atoms with Gasteiger partial charge < -0.3 is 14.9 Å². The summed E-state index contributed by atoms with van der Waals surface area (Å²) in [5.41, 5.74) is 0. The molecular weight excluding hydrogens is 228 g/mol. The first-order valence-electron chi connectivity index (χ1n) is 5.68. The van der Waals surface area contributed by atoms with E-state index in [4.69, 9.17) is 14.9 Å². The van der Waals surface area contributed by atoms with Crippen molar-refractivity contribution in [1.82, 2.24) is 0 Å². The fourth-order valence-electron chi connectivity index (χ4n) is 1.11. The van der Waals surface area contributed by atoms with Crippen LogP contribution in [0.15, 0.2) is 60.7 Å². The maximum absolute atomic E-state index is 8.08. The lowest BCUT2D eigenvalue weighted by Gasteiger charge is -2.03. The molecule has 3 heteroatoms. The minimum absolute atomic E-state index is 0.869. The molecule has 0 aliphatic rings. The van der Waals surface area contributed by atoms with Gasteiger partial charge in [0.25, 0.3) is 0 Å². The van der Waals surface area contributed by atoms with Crippen LogP contribution in [0.4, 0.5) is 0 Å². The van der Waals surface area contributed by atoms with Gasteiger partial charge in [-0.05, 0) is 38.1 Å². The number of ether oxygens (including phenoxy) is 1. The fraction of sp³-hybridized carbons (Fsp3) is 0.200. The van der Waals surface area contributed by atoms with Gasteiger partial charge in [0, 0.05) is 0 Å². The van der Waals surface area contributed by atoms with E-state index in [0.29, 0.717) is 0 Å². The average molecular weight is 246 g/mol. The Balaban J connectivity index is 0.000000280. The van der Waals surface area contributed by atoms with Crippen LogP contribution < -0.4 is 4.74 Å². The molecule has 0 heterocycles. The Morgan fingerprint density at radius 1 is 0.722 bits per heavy atom. The molecule has 0 spiro atoms. The predicted octanol–water partition coefficient (Wildman–Crippen LogP) is 3.19. The van der Waals surface area contributed by atoms with Crippen LogP contribution in [0.3, 0.4) is 0 Å². The smallest absolute Gasteiger partial charge is 0.156 e. The summed E-state index contributed by atoms with van der Waals surface area (Å²) >= 11 is 0. The van der Waals surface area contributed by atoms with Crippen molar-refractivity contribution in [2.24, 2.45) is 0 Å². The molecular formula is C15H18O3. The third-order valence-electron chi connectivity index (χ3n) is 1.72. The minimum Gasteiger partial charge on any atom is -0.457 e. The Kier molecular flexibility index (Phi) is 5.36. The van der Waals surface area contributed by atoms with Gasteiger partial charge in [0.2, 0.25) is 0 Å². The van der Waals surface area contributed by atoms with Crippen molar-refractivity contribution in [3.8, 4) is 11.5 Å². The van der Waals surface area contributed by atoms with E-state index in [1.807, 2.05) is 60.7 Å². The zero-order valence-electron chi connectivity index (χ0n) is 10.6. The molecule has 0 aliphatic carbocycles. The van der Waals surface area contributed by atoms with E-state index in [1.165, 1.54) is 13.8 Å². The van der Waals surface area contributed by atoms with Crippen LogP contribution in [0.5, 0.6) is 11.5 Å². The monoisotopic (exact) mass is 246 g/mol. The number of aliphatic hydroxyl groups is 2. The molecule has 0 radical (unpaired) electrons. The average Bonchev–Trinajstić information content (AvgIpc) is 2.29. The standard InChI is InChI=1S/C12H10O.C3H8O2/c1-3-7-11(8-4-1)13-12-9-5-2-6-10-12;1-3(2,4)5/h1-10H;4-5H,1-2H3. The van der Waals surface area contributed by atoms with Gasteiger partial charge in [-0.15, -0.1) is 0 Å². The lowest BCUT2D eigenvalue weighted by Crippen LogP contribution is -2.15. The summed E-state index contributed by atoms with van der Waals surface area (Å²) < 4.78 is 5.58. The van der Waals surface area contributed by atoms with E-state index in [9.17, 15) is 0 Å². The molecule has 18 heavy (non-hydrogen) atoms. The summed E-state index contributed by atoms with van der Waals surface area (Å²) in [5, 5.41) is 16.2. The summed E-state index contributed by atoms with van der Waals surface area (Å²) in [6.45, 7) is 2.60. The van der Waals surface area contributed by atoms with E-state index in [0.717, 1.165) is 11.5 Å². The lowest BCUT2D eigenvalue weighted by atomic mass is 10.3. The maximum atomic E-state index is 8.08. The van der Waals surface area contributed by atoms with Gasteiger partial charge in [-0.25, -0.2) is 0 Å². The van der Waals surface area contributed by atoms with E-state index >= 15 is 0 Å². The molecule has 2 aromatic carbocycles. The Hall–Kier alpha value is -1.84. The third-order valence-corrected chi connectivity index (χ3v) is 1.72. The van der Waals surface area contributed by atoms with Crippen molar-refractivity contribution in [2.75, 3.05) is 0 Å². The lowest BCUT2D eigenvalue weighted by molar-refractivity contribution is -0.127. The molecule has 0 atom stereocenters. The molecule has 0 unspecified atom stereocenters. The summed E-state index contributed by atoms with van der Waals surface area (Å²) in [5.74, 6) is 0.238. The van der Waals surface area contributed by atoms with Crippen LogP contribution in [-0.2, 0) is 0 Å². The van der Waals surface area contributed by atoms with Gasteiger partial charge in [-0.1, -0.05) is 36.4 Å². The van der Waals surface area contributed by atoms with Gasteiger partial charge in [-0.2, -0.15) is 0 Å². The molecule has 0 aliphatic heterocycles. The summed E-state index contributed by atoms with van der Waals surface area (Å²) in [6.07, 6.45) is 0. The first-order valence-corrected chi connectivity index (χ1v) is 5.68. The second-order valence-corrected chi connectivity index (χ2v) is 4.22.